The SMILES string of the molecule is CCCC.CCCOC(Cn1c(CN2CCC(c3cccc(OCc4ccc(Cl)cc4F)n3)CC2)nc2cc(C)ccc21)SC.COO.C[CH-]C1CCC(NC=O)C1.NC=O.[Cs+]. The molecule has 3 atom stereocenters. The minimum atomic E-state index is -0.373. The van der Waals surface area contributed by atoms with Crippen molar-refractivity contribution in [1.29, 1.82) is 0 Å². The van der Waals surface area contributed by atoms with E-state index in [1.165, 1.54) is 43.5 Å². The quantitative estimate of drug-likeness (QED) is 0.0362. The maximum absolute atomic E-state index is 14.1. The van der Waals surface area contributed by atoms with Crippen LogP contribution in [0.1, 0.15) is 108 Å². The second kappa shape index (κ2) is 34.6. The Bertz CT molecular complexity index is 1820. The number of thioether (sulfide) groups is 1. The van der Waals surface area contributed by atoms with Gasteiger partial charge in [-0.2, -0.15) is 12.8 Å². The van der Waals surface area contributed by atoms with Gasteiger partial charge in [-0.25, -0.2) is 19.2 Å². The minimum Gasteiger partial charge on any atom is -0.473 e. The van der Waals surface area contributed by atoms with Crippen LogP contribution in [0, 0.1) is 25.1 Å². The number of nitrogens with one attached hydrogen (secondary N) is 1. The molecule has 2 aliphatic rings. The van der Waals surface area contributed by atoms with Crippen LogP contribution in [0.2, 0.25) is 5.02 Å². The van der Waals surface area contributed by atoms with Crippen molar-refractivity contribution in [1.82, 2.24) is 24.8 Å². The molecule has 340 valence electrons. The number of aromatic nitrogens is 3. The first-order chi connectivity index (χ1) is 29.5. The molecule has 1 aliphatic carbocycles. The standard InChI is InChI=1S/C32H38ClFN4O2S.C8H14NO.C4H10.CH3NO.CH4O2.Cs/c1-4-16-39-32(41-3)20-38-29-11-8-22(2)17-28(29)35-30(38)19-37-14-12-23(13-15-37)27-6-5-7-31(36-27)40-21-24-9-10-25(33)18-26(24)34;1-2-7-3-4-8(5-7)9-6-10;1-3-4-2;2-1-3;1-3-2;/h5-11,17-18,23,32H,4,12-16,19-21H2,1-3H3;2,6-8H,3-5H2,1H3,(H,9,10);3-4H2,1-2H3;1H,(H2,2,3);2H,1H3;/q;-1;;;;+1. The minimum absolute atomic E-state index is 0. The van der Waals surface area contributed by atoms with Gasteiger partial charge in [0.2, 0.25) is 18.7 Å². The number of benzene rings is 2. The van der Waals surface area contributed by atoms with E-state index in [4.69, 9.17) is 41.1 Å². The zero-order valence-corrected chi connectivity index (χ0v) is 46.0. The maximum atomic E-state index is 14.1. The van der Waals surface area contributed by atoms with Gasteiger partial charge in [-0.05, 0) is 87.8 Å². The number of ether oxygens (including phenoxy) is 2. The predicted molar refractivity (Wildman–Crippen MR) is 246 cm³/mol. The first-order valence-corrected chi connectivity index (χ1v) is 22.9. The van der Waals surface area contributed by atoms with Crippen molar-refractivity contribution >= 4 is 47.2 Å². The Morgan fingerprint density at radius 3 is 2.32 bits per heavy atom. The number of hydrogen-bond donors (Lipinski definition) is 3. The fraction of sp³-hybridized carbons (Fsp3) is 0.543. The van der Waals surface area contributed by atoms with Gasteiger partial charge in [0.1, 0.15) is 23.7 Å². The van der Waals surface area contributed by atoms with Crippen molar-refractivity contribution in [2.24, 2.45) is 11.7 Å². The molecule has 4 N–H and O–H groups in total. The summed E-state index contributed by atoms with van der Waals surface area (Å²) >= 11 is 7.61. The number of hydrogen-bond acceptors (Lipinski definition) is 10. The number of likely N-dealkylation sites (tertiary alicyclic amines) is 1. The van der Waals surface area contributed by atoms with Crippen molar-refractivity contribution in [2.45, 2.75) is 123 Å². The van der Waals surface area contributed by atoms with Gasteiger partial charge in [0.25, 0.3) is 0 Å². The number of aryl methyl sites for hydroxylation is 1. The van der Waals surface area contributed by atoms with Gasteiger partial charge in [0, 0.05) is 40.9 Å². The molecule has 2 amide bonds. The number of imidazole rings is 1. The van der Waals surface area contributed by atoms with Crippen LogP contribution in [0.5, 0.6) is 5.88 Å². The molecule has 2 aromatic heterocycles. The van der Waals surface area contributed by atoms with Gasteiger partial charge >= 0.3 is 68.9 Å². The Kier molecular flexibility index (Phi) is 32.5. The molecule has 16 heteroatoms. The van der Waals surface area contributed by atoms with Crippen molar-refractivity contribution < 1.29 is 102 Å². The Morgan fingerprint density at radius 2 is 1.74 bits per heavy atom. The molecule has 0 radical (unpaired) electrons. The monoisotopic (exact) mass is 1020 g/mol. The third kappa shape index (κ3) is 21.5. The number of rotatable bonds is 16. The Hall–Kier alpha value is -1.74. The van der Waals surface area contributed by atoms with E-state index in [9.17, 15) is 9.18 Å². The third-order valence-electron chi connectivity index (χ3n) is 10.3. The van der Waals surface area contributed by atoms with Crippen LogP contribution in [0.3, 0.4) is 0 Å². The number of amides is 2. The van der Waals surface area contributed by atoms with E-state index >= 15 is 0 Å². The van der Waals surface area contributed by atoms with E-state index in [1.54, 1.807) is 23.9 Å². The van der Waals surface area contributed by atoms with Crippen LogP contribution in [0.25, 0.3) is 11.0 Å². The topological polar surface area (TPSA) is 154 Å². The summed E-state index contributed by atoms with van der Waals surface area (Å²) in [5.74, 6) is 2.31. The number of nitrogens with two attached hydrogens (primary N) is 1. The largest absolute Gasteiger partial charge is 1.00 e. The van der Waals surface area contributed by atoms with Gasteiger partial charge in [0.15, 0.2) is 0 Å². The maximum Gasteiger partial charge on any atom is 1.00 e. The summed E-state index contributed by atoms with van der Waals surface area (Å²) in [7, 11) is 1.18. The summed E-state index contributed by atoms with van der Waals surface area (Å²) in [5, 5.41) is 10.2. The summed E-state index contributed by atoms with van der Waals surface area (Å²) in [6.45, 7) is 15.1. The molecule has 1 aliphatic heterocycles. The summed E-state index contributed by atoms with van der Waals surface area (Å²) < 4.78 is 28.4. The number of fused-ring (bicyclic) bond motifs is 1. The van der Waals surface area contributed by atoms with Crippen molar-refractivity contribution in [2.75, 3.05) is 33.1 Å². The Labute approximate surface area is 437 Å². The van der Waals surface area contributed by atoms with Gasteiger partial charge in [-0.15, -0.1) is 11.8 Å². The molecule has 62 heavy (non-hydrogen) atoms. The molecular weight excluding hydrogens is 952 g/mol. The molecule has 1 saturated heterocycles. The smallest absolute Gasteiger partial charge is 0.473 e. The number of halogens is 2. The molecule has 1 saturated carbocycles. The van der Waals surface area contributed by atoms with Crippen LogP contribution in [0.4, 0.5) is 4.39 Å². The molecule has 0 bridgehead atoms. The summed E-state index contributed by atoms with van der Waals surface area (Å²) in [4.78, 5) is 34.2. The van der Waals surface area contributed by atoms with Crippen molar-refractivity contribution in [3.05, 3.63) is 94.5 Å². The van der Waals surface area contributed by atoms with Gasteiger partial charge < -0.3 is 31.5 Å². The third-order valence-corrected chi connectivity index (χ3v) is 11.4. The van der Waals surface area contributed by atoms with Crippen LogP contribution < -0.4 is 84.7 Å². The molecule has 6 rings (SSSR count). The molecular formula is C46H69ClCsFN6O6S. The molecule has 3 unspecified atom stereocenters. The zero-order valence-electron chi connectivity index (χ0n) is 38.2. The number of carbonyl (C=O) groups excluding carboxylic acids is 2. The van der Waals surface area contributed by atoms with Gasteiger partial charge in [-0.3, -0.25) is 19.7 Å². The molecule has 4 aromatic rings. The van der Waals surface area contributed by atoms with Gasteiger partial charge in [0.05, 0.1) is 31.2 Å². The zero-order chi connectivity index (χ0) is 45.0. The Morgan fingerprint density at radius 1 is 1.05 bits per heavy atom. The fourth-order valence-corrected chi connectivity index (χ4v) is 7.58. The van der Waals surface area contributed by atoms with E-state index in [1.807, 2.05) is 12.1 Å². The van der Waals surface area contributed by atoms with E-state index in [0.717, 1.165) is 94.3 Å². The Balaban J connectivity index is 0.000000761. The van der Waals surface area contributed by atoms with E-state index in [0.29, 0.717) is 28.4 Å². The fourth-order valence-electron chi connectivity index (χ4n) is 6.89. The first-order valence-electron chi connectivity index (χ1n) is 21.2. The van der Waals surface area contributed by atoms with E-state index < -0.39 is 0 Å². The second-order valence-corrected chi connectivity index (χ2v) is 16.3. The first kappa shape index (κ1) is 58.3. The molecule has 0 spiro atoms. The molecule has 2 aromatic carbocycles. The number of piperidine rings is 1. The normalized spacial score (nSPS) is 16.4. The van der Waals surface area contributed by atoms with Crippen molar-refractivity contribution in [3.8, 4) is 5.88 Å². The number of primary amides is 1. The number of carbonyl (C=O) groups is 2. The number of unbranched alkanes of at least 4 members (excludes halogenated alkanes) is 1. The van der Waals surface area contributed by atoms with Crippen molar-refractivity contribution in [3.63, 3.8) is 0 Å². The van der Waals surface area contributed by atoms with Gasteiger partial charge in [-0.1, -0.05) is 76.3 Å². The molecule has 12 nitrogen and oxygen atoms in total. The number of pyridine rings is 1. The van der Waals surface area contributed by atoms with Crippen LogP contribution in [-0.2, 0) is 38.9 Å². The summed E-state index contributed by atoms with van der Waals surface area (Å²) in [6.07, 6.45) is 14.6. The van der Waals surface area contributed by atoms with E-state index in [2.05, 4.69) is 97.0 Å². The molecule has 3 heterocycles. The average molecular weight is 1020 g/mol. The predicted octanol–water partition coefficient (Wildman–Crippen LogP) is 6.75. The summed E-state index contributed by atoms with van der Waals surface area (Å²) in [6, 6.07) is 17.4. The van der Waals surface area contributed by atoms with Crippen LogP contribution in [-0.4, -0.2) is 82.1 Å². The molecule has 2 fully saturated rings. The van der Waals surface area contributed by atoms with Crippen LogP contribution in [0.15, 0.2) is 54.6 Å². The second-order valence-electron chi connectivity index (χ2n) is 14.8. The average Bonchev–Trinajstić information content (AvgIpc) is 3.86. The summed E-state index contributed by atoms with van der Waals surface area (Å²) in [5.41, 5.74) is 9.17. The van der Waals surface area contributed by atoms with Crippen LogP contribution >= 0.6 is 23.4 Å². The van der Waals surface area contributed by atoms with E-state index in [-0.39, 0.29) is 93.2 Å². The number of nitrogens with zero attached hydrogens (tertiary/aromatic N) is 4.